The van der Waals surface area contributed by atoms with Gasteiger partial charge in [0, 0.05) is 47.7 Å². The maximum atomic E-state index is 16.8. The van der Waals surface area contributed by atoms with Crippen LogP contribution in [0.2, 0.25) is 0 Å². The third kappa shape index (κ3) is 5.00. The first-order valence-corrected chi connectivity index (χ1v) is 15.5. The number of amides is 1. The number of benzene rings is 1. The molecule has 7 rings (SSSR count). The van der Waals surface area contributed by atoms with Crippen LogP contribution in [0.3, 0.4) is 0 Å². The van der Waals surface area contributed by atoms with Crippen molar-refractivity contribution in [1.82, 2.24) is 20.3 Å². The number of hydrogen-bond donors (Lipinski definition) is 2. The topological polar surface area (TPSA) is 125 Å². The van der Waals surface area contributed by atoms with Gasteiger partial charge < -0.3 is 19.7 Å². The Labute approximate surface area is 256 Å². The summed E-state index contributed by atoms with van der Waals surface area (Å²) in [6, 6.07) is 2.96. The van der Waals surface area contributed by atoms with Crippen molar-refractivity contribution in [3.63, 3.8) is 0 Å². The molecular formula is C31H31F2N7O3S. The lowest BCUT2D eigenvalue weighted by atomic mass is 9.92. The predicted octanol–water partition coefficient (Wildman–Crippen LogP) is 6.15. The number of thiophene rings is 1. The second-order valence-corrected chi connectivity index (χ2v) is 13.5. The Kier molecular flexibility index (Phi) is 7.10. The number of fused-ring (bicyclic) bond motifs is 4. The number of ether oxygens (including phenoxy) is 2. The summed E-state index contributed by atoms with van der Waals surface area (Å²) in [5.41, 5.74) is 0.760. The number of carbonyl (C=O) groups excluding carboxylic acids is 1. The zero-order chi connectivity index (χ0) is 30.7. The third-order valence-electron chi connectivity index (χ3n) is 8.37. The highest BCUT2D eigenvalue weighted by Gasteiger charge is 2.32. The molecule has 0 bridgehead atoms. The van der Waals surface area contributed by atoms with Gasteiger partial charge in [-0.1, -0.05) is 6.42 Å². The molecular weight excluding hydrogens is 588 g/mol. The van der Waals surface area contributed by atoms with E-state index in [1.807, 2.05) is 0 Å². The molecule has 1 aromatic carbocycles. The van der Waals surface area contributed by atoms with Gasteiger partial charge >= 0.3 is 6.09 Å². The molecule has 0 radical (unpaired) electrons. The molecule has 3 aromatic heterocycles. The van der Waals surface area contributed by atoms with E-state index in [-0.39, 0.29) is 50.6 Å². The van der Waals surface area contributed by atoms with Crippen LogP contribution in [-0.2, 0) is 22.7 Å². The van der Waals surface area contributed by atoms with Gasteiger partial charge in [-0.25, -0.2) is 23.5 Å². The van der Waals surface area contributed by atoms with Gasteiger partial charge in [0.1, 0.15) is 22.2 Å². The van der Waals surface area contributed by atoms with Gasteiger partial charge in [0.15, 0.2) is 11.6 Å². The molecule has 10 nitrogen and oxygen atoms in total. The number of nitrogens with one attached hydrogen (secondary N) is 2. The summed E-state index contributed by atoms with van der Waals surface area (Å²) < 4.78 is 43.1. The van der Waals surface area contributed by atoms with E-state index in [1.165, 1.54) is 19.3 Å². The second kappa shape index (κ2) is 10.9. The normalized spacial score (nSPS) is 18.5. The summed E-state index contributed by atoms with van der Waals surface area (Å²) in [7, 11) is 0. The van der Waals surface area contributed by atoms with Crippen LogP contribution in [0.4, 0.5) is 24.5 Å². The second-order valence-electron chi connectivity index (χ2n) is 12.5. The number of hydrogen-bond acceptors (Lipinski definition) is 10. The van der Waals surface area contributed by atoms with Crippen LogP contribution in [0.25, 0.3) is 32.2 Å². The Morgan fingerprint density at radius 1 is 1.16 bits per heavy atom. The van der Waals surface area contributed by atoms with E-state index in [2.05, 4.69) is 31.6 Å². The highest BCUT2D eigenvalue weighted by molar-refractivity contribution is 7.23. The molecule has 2 aliphatic heterocycles. The van der Waals surface area contributed by atoms with Crippen LogP contribution in [0.15, 0.2) is 12.4 Å². The van der Waals surface area contributed by atoms with Crippen LogP contribution in [0.1, 0.15) is 63.1 Å². The molecule has 1 aliphatic carbocycles. The van der Waals surface area contributed by atoms with Crippen molar-refractivity contribution in [1.29, 1.82) is 5.26 Å². The van der Waals surface area contributed by atoms with Crippen molar-refractivity contribution in [3.8, 4) is 17.3 Å². The van der Waals surface area contributed by atoms with E-state index < -0.39 is 23.3 Å². The first kappa shape index (κ1) is 28.8. The van der Waals surface area contributed by atoms with Crippen molar-refractivity contribution in [2.75, 3.05) is 23.3 Å². The van der Waals surface area contributed by atoms with Crippen LogP contribution < -0.4 is 15.5 Å². The molecule has 2 N–H and O–H groups in total. The Bertz CT molecular complexity index is 1860. The molecule has 1 saturated carbocycles. The van der Waals surface area contributed by atoms with Gasteiger partial charge in [-0.05, 0) is 51.2 Å². The average Bonchev–Trinajstić information content (AvgIpc) is 3.70. The molecule has 2 fully saturated rings. The fourth-order valence-corrected chi connectivity index (χ4v) is 7.18. The molecule has 5 heterocycles. The zero-order valence-electron chi connectivity index (χ0n) is 24.6. The molecule has 4 aromatic rings. The average molecular weight is 620 g/mol. The number of halogens is 2. The van der Waals surface area contributed by atoms with Gasteiger partial charge in [-0.15, -0.1) is 11.3 Å². The van der Waals surface area contributed by atoms with Crippen LogP contribution in [0, 0.1) is 23.0 Å². The maximum absolute atomic E-state index is 16.8. The Balaban J connectivity index is 1.33. The molecule has 0 unspecified atom stereocenters. The lowest BCUT2D eigenvalue weighted by Gasteiger charge is -2.29. The molecule has 3 aliphatic rings. The lowest BCUT2D eigenvalue weighted by Crippen LogP contribution is -2.43. The zero-order valence-corrected chi connectivity index (χ0v) is 25.4. The van der Waals surface area contributed by atoms with E-state index in [4.69, 9.17) is 14.5 Å². The highest BCUT2D eigenvalue weighted by Crippen LogP contribution is 2.46. The quantitative estimate of drug-likeness (QED) is 0.270. The van der Waals surface area contributed by atoms with Crippen molar-refractivity contribution in [2.45, 2.75) is 77.4 Å². The smallest absolute Gasteiger partial charge is 0.412 e. The van der Waals surface area contributed by atoms with Crippen molar-refractivity contribution >= 4 is 49.4 Å². The summed E-state index contributed by atoms with van der Waals surface area (Å²) >= 11 is 0.869. The monoisotopic (exact) mass is 619 g/mol. The van der Waals surface area contributed by atoms with Crippen molar-refractivity contribution < 1.29 is 23.0 Å². The van der Waals surface area contributed by atoms with Crippen LogP contribution in [-0.4, -0.2) is 51.8 Å². The molecule has 13 heteroatoms. The Morgan fingerprint density at radius 2 is 1.95 bits per heavy atom. The van der Waals surface area contributed by atoms with E-state index in [0.29, 0.717) is 29.0 Å². The fourth-order valence-electron chi connectivity index (χ4n) is 6.14. The van der Waals surface area contributed by atoms with E-state index in [0.717, 1.165) is 42.6 Å². The van der Waals surface area contributed by atoms with Crippen molar-refractivity contribution in [3.05, 3.63) is 40.7 Å². The number of carbonyl (C=O) groups is 1. The molecule has 44 heavy (non-hydrogen) atoms. The third-order valence-corrected chi connectivity index (χ3v) is 9.48. The minimum absolute atomic E-state index is 0.0320. The summed E-state index contributed by atoms with van der Waals surface area (Å²) in [4.78, 5) is 28.2. The summed E-state index contributed by atoms with van der Waals surface area (Å²) in [5.74, 6) is -0.901. The number of pyridine rings is 1. The van der Waals surface area contributed by atoms with Crippen LogP contribution in [0.5, 0.6) is 0 Å². The van der Waals surface area contributed by atoms with Gasteiger partial charge in [-0.3, -0.25) is 10.3 Å². The minimum Gasteiger partial charge on any atom is -0.444 e. The number of nitriles is 1. The predicted molar refractivity (Wildman–Crippen MR) is 163 cm³/mol. The summed E-state index contributed by atoms with van der Waals surface area (Å²) in [6.07, 6.45) is 6.47. The largest absolute Gasteiger partial charge is 0.444 e. The summed E-state index contributed by atoms with van der Waals surface area (Å²) in [5, 5.41) is 17.2. The molecule has 228 valence electrons. The molecule has 1 amide bonds. The lowest BCUT2D eigenvalue weighted by molar-refractivity contribution is 0.0636. The van der Waals surface area contributed by atoms with Gasteiger partial charge in [0.2, 0.25) is 5.95 Å². The van der Waals surface area contributed by atoms with Gasteiger partial charge in [0.25, 0.3) is 0 Å². The number of rotatable bonds is 5. The number of anilines is 2. The molecule has 0 spiro atoms. The van der Waals surface area contributed by atoms with Gasteiger partial charge in [-0.2, -0.15) is 5.26 Å². The minimum atomic E-state index is -0.794. The fraction of sp³-hybridized carbons (Fsp3) is 0.452. The standard InChI is InChI=1S/C31H31F2N7O3S/c1-31(2,3)43-30(41)39-28-17(9-34)23-26(35-11-21(32)27(23)44-28)22-20-14-42-13-19(20)18-10-36-29(38-25(18)24(22)33)40-8-7-16(12-40)37-15-5-4-6-15/h10-11,15-16,37H,4-8,12-14H2,1-3H3,(H,39,41)/t16-/m0/s1. The first-order chi connectivity index (χ1) is 21.1. The summed E-state index contributed by atoms with van der Waals surface area (Å²) in [6.45, 7) is 6.94. The molecule has 1 atom stereocenters. The van der Waals surface area contributed by atoms with Crippen molar-refractivity contribution in [2.24, 2.45) is 0 Å². The van der Waals surface area contributed by atoms with E-state index in [9.17, 15) is 10.1 Å². The van der Waals surface area contributed by atoms with E-state index >= 15 is 8.78 Å². The Hall–Kier alpha value is -3.99. The maximum Gasteiger partial charge on any atom is 0.412 e. The Morgan fingerprint density at radius 3 is 2.68 bits per heavy atom. The number of aromatic nitrogens is 3. The first-order valence-electron chi connectivity index (χ1n) is 14.7. The van der Waals surface area contributed by atoms with Crippen LogP contribution >= 0.6 is 11.3 Å². The SMILES string of the molecule is CC(C)(C)OC(=O)Nc1sc2c(F)cnc(-c3c4c(c5cnc(N6CC[C@H](NC7CCC7)C6)nc5c3F)COC4)c2c1C#N. The van der Waals surface area contributed by atoms with E-state index in [1.54, 1.807) is 27.0 Å². The molecule has 1 saturated heterocycles. The van der Waals surface area contributed by atoms with Gasteiger partial charge in [0.05, 0.1) is 35.4 Å². The number of nitrogens with zero attached hydrogens (tertiary/aromatic N) is 5. The highest BCUT2D eigenvalue weighted by atomic mass is 32.1.